The fourth-order valence-corrected chi connectivity index (χ4v) is 4.89. The summed E-state index contributed by atoms with van der Waals surface area (Å²) < 4.78 is 0. The van der Waals surface area contributed by atoms with Crippen molar-refractivity contribution >= 4 is 39.2 Å². The summed E-state index contributed by atoms with van der Waals surface area (Å²) in [6, 6.07) is 0. The molecule has 0 unspecified atom stereocenters. The first-order chi connectivity index (χ1) is 11.6. The van der Waals surface area contributed by atoms with E-state index in [-0.39, 0.29) is 5.91 Å². The fourth-order valence-electron chi connectivity index (χ4n) is 2.94. The number of allylic oxidation sites excluding steroid dienone is 1. The molecule has 1 aliphatic carbocycles. The van der Waals surface area contributed by atoms with E-state index in [1.165, 1.54) is 53.5 Å². The Morgan fingerprint density at radius 3 is 3.00 bits per heavy atom. The van der Waals surface area contributed by atoms with Gasteiger partial charge < -0.3 is 5.32 Å². The topological polar surface area (TPSA) is 54.9 Å². The lowest BCUT2D eigenvalue weighted by Gasteiger charge is -2.12. The average Bonchev–Trinajstić information content (AvgIpc) is 2.89. The first-order valence-electron chi connectivity index (χ1n) is 8.43. The Hall–Kier alpha value is -1.40. The summed E-state index contributed by atoms with van der Waals surface area (Å²) in [5, 5.41) is 5.04. The summed E-state index contributed by atoms with van der Waals surface area (Å²) in [6.45, 7) is 4.93. The van der Waals surface area contributed by atoms with Crippen molar-refractivity contribution in [1.29, 1.82) is 0 Å². The van der Waals surface area contributed by atoms with Gasteiger partial charge in [0.1, 0.15) is 16.2 Å². The molecule has 0 bridgehead atoms. The van der Waals surface area contributed by atoms with Crippen LogP contribution in [0.5, 0.6) is 0 Å². The van der Waals surface area contributed by atoms with Gasteiger partial charge in [0.05, 0.1) is 5.75 Å². The summed E-state index contributed by atoms with van der Waals surface area (Å²) in [5.74, 6) is 0.479. The number of rotatable bonds is 6. The number of carbonyl (C=O) groups is 1. The molecule has 0 atom stereocenters. The van der Waals surface area contributed by atoms with Crippen LogP contribution in [0.25, 0.3) is 10.2 Å². The van der Waals surface area contributed by atoms with Crippen molar-refractivity contribution in [3.8, 4) is 0 Å². The van der Waals surface area contributed by atoms with Gasteiger partial charge in [-0.25, -0.2) is 9.97 Å². The Kier molecular flexibility index (Phi) is 5.89. The summed E-state index contributed by atoms with van der Waals surface area (Å²) in [6.07, 6.45) is 9.90. The quantitative estimate of drug-likeness (QED) is 0.470. The maximum absolute atomic E-state index is 12.1. The van der Waals surface area contributed by atoms with Crippen molar-refractivity contribution in [2.75, 3.05) is 12.3 Å². The molecule has 6 heteroatoms. The molecule has 0 saturated heterocycles. The third-order valence-corrected chi connectivity index (χ3v) is 6.53. The Bertz CT molecular complexity index is 767. The fraction of sp³-hybridized carbons (Fsp3) is 0.500. The van der Waals surface area contributed by atoms with E-state index in [1.54, 1.807) is 17.7 Å². The van der Waals surface area contributed by atoms with Crippen molar-refractivity contribution in [1.82, 2.24) is 15.3 Å². The van der Waals surface area contributed by atoms with E-state index in [1.807, 2.05) is 0 Å². The summed E-state index contributed by atoms with van der Waals surface area (Å²) >= 11 is 3.19. The molecule has 0 aliphatic heterocycles. The van der Waals surface area contributed by atoms with Gasteiger partial charge in [0.25, 0.3) is 0 Å². The molecule has 3 rings (SSSR count). The maximum atomic E-state index is 12.1. The lowest BCUT2D eigenvalue weighted by molar-refractivity contribution is -0.118. The van der Waals surface area contributed by atoms with Crippen molar-refractivity contribution in [3.05, 3.63) is 28.4 Å². The Morgan fingerprint density at radius 2 is 2.21 bits per heavy atom. The maximum Gasteiger partial charge on any atom is 0.230 e. The second-order valence-electron chi connectivity index (χ2n) is 6.14. The normalized spacial score (nSPS) is 14.7. The number of nitrogens with one attached hydrogen (secondary N) is 1. The third kappa shape index (κ3) is 4.16. The zero-order chi connectivity index (χ0) is 16.9. The smallest absolute Gasteiger partial charge is 0.230 e. The second-order valence-corrected chi connectivity index (χ2v) is 8.31. The predicted molar refractivity (Wildman–Crippen MR) is 102 cm³/mol. The molecule has 0 saturated carbocycles. The van der Waals surface area contributed by atoms with Crippen LogP contribution in [0.1, 0.15) is 42.5 Å². The highest BCUT2D eigenvalue weighted by Crippen LogP contribution is 2.34. The Morgan fingerprint density at radius 1 is 1.33 bits per heavy atom. The SMILES string of the molecule is Cc1sc2ncnc(SCC(=O)NCCC3=CCCCC3)c2c1C. The second kappa shape index (κ2) is 8.12. The number of aromatic nitrogens is 2. The first kappa shape index (κ1) is 17.4. The van der Waals surface area contributed by atoms with Gasteiger partial charge in [-0.2, -0.15) is 0 Å². The summed E-state index contributed by atoms with van der Waals surface area (Å²) in [5.41, 5.74) is 2.72. The number of nitrogens with zero attached hydrogens (tertiary/aromatic N) is 2. The molecule has 0 fully saturated rings. The van der Waals surface area contributed by atoms with Crippen LogP contribution >= 0.6 is 23.1 Å². The highest BCUT2D eigenvalue weighted by molar-refractivity contribution is 8.00. The van der Waals surface area contributed by atoms with E-state index in [0.717, 1.165) is 28.2 Å². The van der Waals surface area contributed by atoms with E-state index in [0.29, 0.717) is 5.75 Å². The summed E-state index contributed by atoms with van der Waals surface area (Å²) in [7, 11) is 0. The van der Waals surface area contributed by atoms with Crippen LogP contribution in [0.15, 0.2) is 23.0 Å². The standard InChI is InChI=1S/C18H23N3OS2/c1-12-13(2)24-18-16(12)17(20-11-21-18)23-10-15(22)19-9-8-14-6-4-3-5-7-14/h6,11H,3-5,7-10H2,1-2H3,(H,19,22). The number of fused-ring (bicyclic) bond motifs is 1. The van der Waals surface area contributed by atoms with Crippen LogP contribution in [-0.4, -0.2) is 28.2 Å². The Balaban J connectivity index is 1.52. The van der Waals surface area contributed by atoms with Gasteiger partial charge >= 0.3 is 0 Å². The van der Waals surface area contributed by atoms with Crippen molar-refractivity contribution in [3.63, 3.8) is 0 Å². The van der Waals surface area contributed by atoms with Crippen molar-refractivity contribution in [2.24, 2.45) is 0 Å². The molecule has 2 aromatic heterocycles. The highest BCUT2D eigenvalue weighted by atomic mass is 32.2. The zero-order valence-electron chi connectivity index (χ0n) is 14.2. The highest BCUT2D eigenvalue weighted by Gasteiger charge is 2.13. The predicted octanol–water partition coefficient (Wildman–Crippen LogP) is 4.41. The van der Waals surface area contributed by atoms with Gasteiger partial charge in [-0.1, -0.05) is 23.4 Å². The molecular weight excluding hydrogens is 338 g/mol. The minimum atomic E-state index is 0.0766. The number of carbonyl (C=O) groups excluding carboxylic acids is 1. The molecule has 2 aromatic rings. The van der Waals surface area contributed by atoms with Crippen LogP contribution < -0.4 is 5.32 Å². The number of aryl methyl sites for hydroxylation is 2. The number of hydrogen-bond acceptors (Lipinski definition) is 5. The number of thioether (sulfide) groups is 1. The van der Waals surface area contributed by atoms with Crippen LogP contribution in [-0.2, 0) is 4.79 Å². The van der Waals surface area contributed by atoms with Crippen LogP contribution in [0.3, 0.4) is 0 Å². The molecule has 4 nitrogen and oxygen atoms in total. The lowest BCUT2D eigenvalue weighted by atomic mass is 9.97. The van der Waals surface area contributed by atoms with Crippen molar-refractivity contribution in [2.45, 2.75) is 51.0 Å². The lowest BCUT2D eigenvalue weighted by Crippen LogP contribution is -2.26. The molecule has 0 radical (unpaired) electrons. The molecular formula is C18H23N3OS2. The van der Waals surface area contributed by atoms with Gasteiger partial charge in [-0.15, -0.1) is 11.3 Å². The number of hydrogen-bond donors (Lipinski definition) is 1. The molecule has 2 heterocycles. The molecule has 0 spiro atoms. The molecule has 1 aliphatic rings. The van der Waals surface area contributed by atoms with Crippen LogP contribution in [0.2, 0.25) is 0 Å². The molecule has 1 amide bonds. The van der Waals surface area contributed by atoms with Gasteiger partial charge in [0, 0.05) is 16.8 Å². The minimum Gasteiger partial charge on any atom is -0.355 e. The Labute approximate surface area is 151 Å². The number of amides is 1. The minimum absolute atomic E-state index is 0.0766. The van der Waals surface area contributed by atoms with E-state index < -0.39 is 0 Å². The number of thiophene rings is 1. The third-order valence-electron chi connectivity index (χ3n) is 4.42. The van der Waals surface area contributed by atoms with Crippen molar-refractivity contribution < 1.29 is 4.79 Å². The largest absolute Gasteiger partial charge is 0.355 e. The zero-order valence-corrected chi connectivity index (χ0v) is 15.9. The van der Waals surface area contributed by atoms with E-state index in [9.17, 15) is 4.79 Å². The van der Waals surface area contributed by atoms with E-state index in [4.69, 9.17) is 0 Å². The van der Waals surface area contributed by atoms with Gasteiger partial charge in [0.2, 0.25) is 5.91 Å². The van der Waals surface area contributed by atoms with Gasteiger partial charge in [-0.3, -0.25) is 4.79 Å². The molecule has 24 heavy (non-hydrogen) atoms. The van der Waals surface area contributed by atoms with E-state index in [2.05, 4.69) is 35.2 Å². The first-order valence-corrected chi connectivity index (χ1v) is 10.2. The van der Waals surface area contributed by atoms with E-state index >= 15 is 0 Å². The summed E-state index contributed by atoms with van der Waals surface area (Å²) in [4.78, 5) is 23.1. The van der Waals surface area contributed by atoms with Gasteiger partial charge in [0.15, 0.2) is 0 Å². The monoisotopic (exact) mass is 361 g/mol. The molecule has 128 valence electrons. The van der Waals surface area contributed by atoms with Crippen LogP contribution in [0, 0.1) is 13.8 Å². The molecule has 0 aromatic carbocycles. The molecule has 1 N–H and O–H groups in total. The average molecular weight is 362 g/mol. The van der Waals surface area contributed by atoms with Gasteiger partial charge in [-0.05, 0) is 51.5 Å². The van der Waals surface area contributed by atoms with Crippen LogP contribution in [0.4, 0.5) is 0 Å².